The lowest BCUT2D eigenvalue weighted by Crippen LogP contribution is -2.41. The molecule has 5 atom stereocenters. The second-order valence-corrected chi connectivity index (χ2v) is 17.3. The normalized spacial score (nSPS) is 20.1. The van der Waals surface area contributed by atoms with E-state index >= 15 is 0 Å². The average Bonchev–Trinajstić information content (AvgIpc) is 3.90. The van der Waals surface area contributed by atoms with Crippen LogP contribution in [-0.4, -0.2) is 68.5 Å². The largest absolute Gasteiger partial charge is 0.466 e. The number of hydrogen-bond acceptors (Lipinski definition) is 7. The van der Waals surface area contributed by atoms with Crippen LogP contribution in [0.4, 0.5) is 0 Å². The standard InChI is InChI=1S/C49H69N5O5/c1-10-14-16-18-20-25-58-33(9)43-31(7)38-26-37-30(6)35(21-22-42(55)59-24-12-3)46(52-37)45-47-44(48(56)54(49(45)57)23-19-17-15-11-2)32(8)39(53-47)27-40-34(13-4)29(5)36(50-40)28-41(43)51-38/h26-30,33-35,52-53H,10-25H2,1-9H3/t29-,30+,33?,34-,35+/m1/s1. The number of carbonyl (C=O) groups is 3. The van der Waals surface area contributed by atoms with Gasteiger partial charge in [0.2, 0.25) is 0 Å². The van der Waals surface area contributed by atoms with Crippen molar-refractivity contribution < 1.29 is 23.9 Å². The van der Waals surface area contributed by atoms with Crippen LogP contribution in [0.1, 0.15) is 223 Å². The van der Waals surface area contributed by atoms with Crippen LogP contribution in [0, 0.1) is 6.92 Å². The Morgan fingerprint density at radius 1 is 0.780 bits per heavy atom. The highest BCUT2D eigenvalue weighted by Crippen LogP contribution is 2.46. The molecule has 2 N–H and O–H groups in total. The van der Waals surface area contributed by atoms with E-state index < -0.39 is 0 Å². The van der Waals surface area contributed by atoms with Gasteiger partial charge >= 0.3 is 5.97 Å². The number of hydrogen-bond donors (Lipinski definition) is 2. The summed E-state index contributed by atoms with van der Waals surface area (Å²) in [6, 6.07) is 6.37. The van der Waals surface area contributed by atoms with Gasteiger partial charge in [-0.15, -0.1) is 0 Å². The van der Waals surface area contributed by atoms with E-state index in [1.54, 1.807) is 0 Å². The van der Waals surface area contributed by atoms with Gasteiger partial charge in [0.15, 0.2) is 0 Å². The number of H-pyrrole nitrogens is 2. The van der Waals surface area contributed by atoms with Gasteiger partial charge in [0.25, 0.3) is 11.8 Å². The molecule has 320 valence electrons. The minimum absolute atomic E-state index is 0.0915. The maximum atomic E-state index is 14.9. The van der Waals surface area contributed by atoms with E-state index in [1.165, 1.54) is 24.2 Å². The molecule has 2 amide bonds. The number of esters is 1. The van der Waals surface area contributed by atoms with Gasteiger partial charge in [-0.1, -0.05) is 86.5 Å². The number of allylic oxidation sites excluding steroid dienone is 1. The molecule has 0 saturated heterocycles. The third-order valence-electron chi connectivity index (χ3n) is 13.2. The minimum Gasteiger partial charge on any atom is -0.466 e. The summed E-state index contributed by atoms with van der Waals surface area (Å²) >= 11 is 0. The van der Waals surface area contributed by atoms with Crippen LogP contribution >= 0.6 is 0 Å². The summed E-state index contributed by atoms with van der Waals surface area (Å²) in [7, 11) is 0. The number of rotatable bonds is 19. The van der Waals surface area contributed by atoms with Crippen LogP contribution in [0.5, 0.6) is 0 Å². The first-order chi connectivity index (χ1) is 28.4. The number of unbranched alkanes of at least 4 members (excludes halogenated alkanes) is 7. The second-order valence-electron chi connectivity index (χ2n) is 17.3. The van der Waals surface area contributed by atoms with Crippen molar-refractivity contribution in [1.29, 1.82) is 0 Å². The Balaban J connectivity index is 1.60. The number of carbonyl (C=O) groups excluding carboxylic acids is 3. The molecule has 6 rings (SSSR count). The molecule has 2 aromatic heterocycles. The Labute approximate surface area is 352 Å². The molecule has 0 aromatic carbocycles. The third kappa shape index (κ3) is 9.23. The molecule has 6 heterocycles. The van der Waals surface area contributed by atoms with Gasteiger partial charge < -0.3 is 19.4 Å². The molecular formula is C49H69N5O5. The quantitative estimate of drug-likeness (QED) is 0.0821. The number of aryl methyl sites for hydroxylation is 1. The van der Waals surface area contributed by atoms with Crippen LogP contribution in [-0.2, 0) is 14.3 Å². The summed E-state index contributed by atoms with van der Waals surface area (Å²) in [5.41, 5.74) is 10.5. The Morgan fingerprint density at radius 3 is 2.20 bits per heavy atom. The zero-order valence-electron chi connectivity index (χ0n) is 37.3. The summed E-state index contributed by atoms with van der Waals surface area (Å²) in [5, 5.41) is 0. The van der Waals surface area contributed by atoms with Crippen LogP contribution in [0.2, 0.25) is 0 Å². The summed E-state index contributed by atoms with van der Waals surface area (Å²) < 4.78 is 12.1. The molecule has 0 fully saturated rings. The number of aromatic nitrogens is 4. The topological polar surface area (TPSA) is 130 Å². The average molecular weight is 808 g/mol. The van der Waals surface area contributed by atoms with Crippen LogP contribution in [0.3, 0.4) is 0 Å². The maximum absolute atomic E-state index is 14.9. The third-order valence-corrected chi connectivity index (χ3v) is 13.2. The number of imide groups is 1. The van der Waals surface area contributed by atoms with Gasteiger partial charge in [0.05, 0.1) is 40.7 Å². The van der Waals surface area contributed by atoms with Crippen molar-refractivity contribution in [3.63, 3.8) is 0 Å². The molecule has 10 heteroatoms. The van der Waals surface area contributed by atoms with Crippen molar-refractivity contribution in [2.45, 2.75) is 176 Å². The van der Waals surface area contributed by atoms with Crippen molar-refractivity contribution in [1.82, 2.24) is 24.8 Å². The summed E-state index contributed by atoms with van der Waals surface area (Å²) in [6.07, 6.45) is 11.8. The van der Waals surface area contributed by atoms with Crippen LogP contribution in [0.25, 0.3) is 22.2 Å². The SMILES string of the molecule is CCCCCCCOC(C)C1=C(C)c2cc3[nH]c(c4c5[nH]c(cc6nc(cc1n2)[C@H](C)[C@H]6CC)c(C)c5C(=O)N(CCCCCC)C4=O)[C@@H](CCC(=O)OCCC)[C@@H]3C. The van der Waals surface area contributed by atoms with Crippen molar-refractivity contribution in [2.75, 3.05) is 19.8 Å². The first-order valence-corrected chi connectivity index (χ1v) is 22.9. The van der Waals surface area contributed by atoms with E-state index in [4.69, 9.17) is 19.4 Å². The molecular weight excluding hydrogens is 739 g/mol. The fourth-order valence-electron chi connectivity index (χ4n) is 9.54. The van der Waals surface area contributed by atoms with Gasteiger partial charge in [-0.05, 0) is 82.2 Å². The summed E-state index contributed by atoms with van der Waals surface area (Å²) in [5.74, 6) is -0.820. The van der Waals surface area contributed by atoms with Gasteiger partial charge in [-0.3, -0.25) is 24.3 Å². The summed E-state index contributed by atoms with van der Waals surface area (Å²) in [6.45, 7) is 20.6. The zero-order valence-corrected chi connectivity index (χ0v) is 37.3. The fraction of sp³-hybridized carbons (Fsp3) is 0.612. The molecule has 1 unspecified atom stereocenters. The fourth-order valence-corrected chi connectivity index (χ4v) is 9.54. The summed E-state index contributed by atoms with van der Waals surface area (Å²) in [4.78, 5) is 61.8. The lowest BCUT2D eigenvalue weighted by Gasteiger charge is -2.27. The number of fused-ring (bicyclic) bond motifs is 8. The molecule has 0 aliphatic carbocycles. The minimum atomic E-state index is -0.307. The van der Waals surface area contributed by atoms with E-state index in [0.29, 0.717) is 42.8 Å². The predicted octanol–water partition coefficient (Wildman–Crippen LogP) is 11.7. The number of ether oxygens (including phenoxy) is 2. The van der Waals surface area contributed by atoms with Crippen molar-refractivity contribution >= 4 is 40.0 Å². The van der Waals surface area contributed by atoms with E-state index in [0.717, 1.165) is 108 Å². The zero-order chi connectivity index (χ0) is 42.4. The highest BCUT2D eigenvalue weighted by Gasteiger charge is 2.41. The van der Waals surface area contributed by atoms with Crippen molar-refractivity contribution in [3.05, 3.63) is 69.1 Å². The Morgan fingerprint density at radius 2 is 1.49 bits per heavy atom. The molecule has 2 aromatic rings. The number of amides is 2. The first-order valence-electron chi connectivity index (χ1n) is 22.9. The van der Waals surface area contributed by atoms with Crippen molar-refractivity contribution in [3.8, 4) is 0 Å². The Kier molecular flexibility index (Phi) is 14.9. The molecule has 0 radical (unpaired) electrons. The molecule has 8 bridgehead atoms. The smallest absolute Gasteiger partial charge is 0.305 e. The number of nitrogens with one attached hydrogen (secondary N) is 2. The maximum Gasteiger partial charge on any atom is 0.305 e. The van der Waals surface area contributed by atoms with Crippen molar-refractivity contribution in [2.24, 2.45) is 0 Å². The van der Waals surface area contributed by atoms with Crippen LogP contribution < -0.4 is 0 Å². The molecule has 4 aliphatic rings. The lowest BCUT2D eigenvalue weighted by atomic mass is 9.84. The predicted molar refractivity (Wildman–Crippen MR) is 236 cm³/mol. The number of aromatic amines is 2. The van der Waals surface area contributed by atoms with Gasteiger partial charge in [0, 0.05) is 77.1 Å². The lowest BCUT2D eigenvalue weighted by molar-refractivity contribution is -0.143. The molecule has 4 aliphatic heterocycles. The Hall–Kier alpha value is -4.31. The van der Waals surface area contributed by atoms with Gasteiger partial charge in [-0.25, -0.2) is 4.98 Å². The highest BCUT2D eigenvalue weighted by molar-refractivity contribution is 6.23. The monoisotopic (exact) mass is 808 g/mol. The van der Waals surface area contributed by atoms with Gasteiger partial charge in [0.1, 0.15) is 0 Å². The molecule has 0 saturated carbocycles. The number of nitrogens with zero attached hydrogens (tertiary/aromatic N) is 3. The molecule has 59 heavy (non-hydrogen) atoms. The second kappa shape index (κ2) is 19.8. The van der Waals surface area contributed by atoms with Gasteiger partial charge in [-0.2, -0.15) is 0 Å². The van der Waals surface area contributed by atoms with E-state index in [2.05, 4.69) is 76.6 Å². The highest BCUT2D eigenvalue weighted by atomic mass is 16.5. The van der Waals surface area contributed by atoms with E-state index in [9.17, 15) is 14.4 Å². The van der Waals surface area contributed by atoms with E-state index in [-0.39, 0.29) is 54.0 Å². The van der Waals surface area contributed by atoms with Crippen LogP contribution in [0.15, 0.2) is 18.2 Å². The Bertz CT molecular complexity index is 2110. The molecule has 0 spiro atoms. The first kappa shape index (κ1) is 44.2. The van der Waals surface area contributed by atoms with E-state index in [1.807, 2.05) is 13.8 Å². The molecule has 10 nitrogen and oxygen atoms in total.